The molecule has 0 aliphatic carbocycles. The maximum atomic E-state index is 12.0. The van der Waals surface area contributed by atoms with Crippen LogP contribution < -0.4 is 21.9 Å². The van der Waals surface area contributed by atoms with Gasteiger partial charge < -0.3 is 15.6 Å². The van der Waals surface area contributed by atoms with Gasteiger partial charge in [0.2, 0.25) is 11.8 Å². The number of H-pyrrole nitrogens is 2. The van der Waals surface area contributed by atoms with Gasteiger partial charge in [-0.1, -0.05) is 19.1 Å². The zero-order valence-corrected chi connectivity index (χ0v) is 15.5. The van der Waals surface area contributed by atoms with Crippen molar-refractivity contribution in [3.63, 3.8) is 0 Å². The molecule has 4 N–H and O–H groups in total. The Bertz CT molecular complexity index is 913. The number of hydrogen-bond donors (Lipinski definition) is 4. The fourth-order valence-corrected chi connectivity index (χ4v) is 2.61. The third kappa shape index (κ3) is 6.25. The predicted molar refractivity (Wildman–Crippen MR) is 103 cm³/mol. The van der Waals surface area contributed by atoms with Crippen LogP contribution in [0.4, 0.5) is 5.69 Å². The molecular formula is C19H24N4O4. The Balaban J connectivity index is 1.83. The number of carbonyl (C=O) groups excluding carboxylic acids is 2. The standard InChI is InChI=1S/C19H24N4O4/c1-3-4-17(25)22-14-7-5-13(6-8-14)11-20-16(24)10-9-15-12(2)21-19(27)23-18(15)26/h5-8H,3-4,9-11H2,1-2H3,(H,20,24)(H,22,25)(H2,21,23,26,27). The minimum atomic E-state index is -0.556. The van der Waals surface area contributed by atoms with E-state index in [1.807, 2.05) is 19.1 Å². The topological polar surface area (TPSA) is 124 Å². The van der Waals surface area contributed by atoms with Gasteiger partial charge in [0.05, 0.1) is 0 Å². The lowest BCUT2D eigenvalue weighted by atomic mass is 10.1. The van der Waals surface area contributed by atoms with Crippen LogP contribution in [-0.2, 0) is 22.6 Å². The Hall–Kier alpha value is -3.16. The number of nitrogens with one attached hydrogen (secondary N) is 4. The Morgan fingerprint density at radius 3 is 2.33 bits per heavy atom. The fourth-order valence-electron chi connectivity index (χ4n) is 2.61. The number of carbonyl (C=O) groups is 2. The summed E-state index contributed by atoms with van der Waals surface area (Å²) >= 11 is 0. The van der Waals surface area contributed by atoms with E-state index in [1.165, 1.54) is 0 Å². The smallest absolute Gasteiger partial charge is 0.325 e. The third-order valence-corrected chi connectivity index (χ3v) is 4.06. The summed E-state index contributed by atoms with van der Waals surface area (Å²) in [7, 11) is 0. The number of aromatic amines is 2. The molecule has 0 saturated heterocycles. The molecule has 2 rings (SSSR count). The molecule has 144 valence electrons. The van der Waals surface area contributed by atoms with Gasteiger partial charge in [-0.3, -0.25) is 19.4 Å². The van der Waals surface area contributed by atoms with Crippen LogP contribution in [0.15, 0.2) is 33.9 Å². The molecule has 27 heavy (non-hydrogen) atoms. The molecule has 2 aromatic rings. The first-order valence-corrected chi connectivity index (χ1v) is 8.86. The summed E-state index contributed by atoms with van der Waals surface area (Å²) in [4.78, 5) is 51.2. The first-order valence-electron chi connectivity index (χ1n) is 8.86. The van der Waals surface area contributed by atoms with Gasteiger partial charge in [-0.05, 0) is 37.5 Å². The normalized spacial score (nSPS) is 10.4. The second-order valence-electron chi connectivity index (χ2n) is 6.28. The molecule has 2 amide bonds. The van der Waals surface area contributed by atoms with Crippen molar-refractivity contribution >= 4 is 17.5 Å². The summed E-state index contributed by atoms with van der Waals surface area (Å²) in [6.45, 7) is 3.92. The van der Waals surface area contributed by atoms with Crippen molar-refractivity contribution in [3.05, 3.63) is 61.9 Å². The van der Waals surface area contributed by atoms with E-state index in [4.69, 9.17) is 0 Å². The third-order valence-electron chi connectivity index (χ3n) is 4.06. The highest BCUT2D eigenvalue weighted by atomic mass is 16.2. The van der Waals surface area contributed by atoms with Crippen molar-refractivity contribution in [2.75, 3.05) is 5.32 Å². The minimum absolute atomic E-state index is 0.0221. The average molecular weight is 372 g/mol. The van der Waals surface area contributed by atoms with Crippen molar-refractivity contribution in [1.29, 1.82) is 0 Å². The van der Waals surface area contributed by atoms with E-state index in [-0.39, 0.29) is 24.7 Å². The molecule has 0 unspecified atom stereocenters. The number of anilines is 1. The molecule has 0 saturated carbocycles. The van der Waals surface area contributed by atoms with Gasteiger partial charge in [0.1, 0.15) is 0 Å². The molecule has 0 bridgehead atoms. The van der Waals surface area contributed by atoms with Gasteiger partial charge in [-0.15, -0.1) is 0 Å². The highest BCUT2D eigenvalue weighted by Gasteiger charge is 2.09. The Kier molecular flexibility index (Phi) is 7.10. The van der Waals surface area contributed by atoms with Crippen molar-refractivity contribution in [2.24, 2.45) is 0 Å². The second kappa shape index (κ2) is 9.51. The Morgan fingerprint density at radius 2 is 1.70 bits per heavy atom. The van der Waals surface area contributed by atoms with Crippen LogP contribution in [0.25, 0.3) is 0 Å². The van der Waals surface area contributed by atoms with Gasteiger partial charge in [0.15, 0.2) is 0 Å². The van der Waals surface area contributed by atoms with Crippen LogP contribution in [0.2, 0.25) is 0 Å². The quantitative estimate of drug-likeness (QED) is 0.558. The summed E-state index contributed by atoms with van der Waals surface area (Å²) < 4.78 is 0. The monoisotopic (exact) mass is 372 g/mol. The summed E-state index contributed by atoms with van der Waals surface area (Å²) in [5.74, 6) is -0.216. The van der Waals surface area contributed by atoms with Crippen LogP contribution in [0, 0.1) is 6.92 Å². The Labute approximate surface area is 156 Å². The first-order chi connectivity index (χ1) is 12.9. The van der Waals surface area contributed by atoms with Crippen molar-refractivity contribution in [1.82, 2.24) is 15.3 Å². The van der Waals surface area contributed by atoms with Gasteiger partial charge >= 0.3 is 5.69 Å². The van der Waals surface area contributed by atoms with Crippen LogP contribution in [-0.4, -0.2) is 21.8 Å². The van der Waals surface area contributed by atoms with Crippen LogP contribution in [0.5, 0.6) is 0 Å². The van der Waals surface area contributed by atoms with Crippen LogP contribution in [0.1, 0.15) is 43.0 Å². The van der Waals surface area contributed by atoms with Gasteiger partial charge in [-0.2, -0.15) is 0 Å². The average Bonchev–Trinajstić information content (AvgIpc) is 2.60. The lowest BCUT2D eigenvalue weighted by molar-refractivity contribution is -0.121. The van der Waals surface area contributed by atoms with E-state index >= 15 is 0 Å². The molecule has 8 heteroatoms. The van der Waals surface area contributed by atoms with E-state index in [2.05, 4.69) is 20.6 Å². The van der Waals surface area contributed by atoms with Gasteiger partial charge in [0, 0.05) is 36.3 Å². The van der Waals surface area contributed by atoms with Crippen LogP contribution >= 0.6 is 0 Å². The van der Waals surface area contributed by atoms with Gasteiger partial charge in [0.25, 0.3) is 5.56 Å². The van der Waals surface area contributed by atoms with Crippen molar-refractivity contribution in [2.45, 2.75) is 46.1 Å². The maximum Gasteiger partial charge on any atom is 0.325 e. The SMILES string of the molecule is CCCC(=O)Nc1ccc(CNC(=O)CCc2c(C)[nH]c(=O)[nH]c2=O)cc1. The molecule has 8 nitrogen and oxygen atoms in total. The van der Waals surface area contributed by atoms with Crippen molar-refractivity contribution in [3.8, 4) is 0 Å². The molecular weight excluding hydrogens is 348 g/mol. The maximum absolute atomic E-state index is 12.0. The summed E-state index contributed by atoms with van der Waals surface area (Å²) in [5.41, 5.74) is 1.46. The second-order valence-corrected chi connectivity index (χ2v) is 6.28. The number of benzene rings is 1. The number of rotatable bonds is 8. The molecule has 0 radical (unpaired) electrons. The number of aromatic nitrogens is 2. The zero-order valence-electron chi connectivity index (χ0n) is 15.5. The number of amides is 2. The molecule has 0 spiro atoms. The summed E-state index contributed by atoms with van der Waals surface area (Å²) in [5, 5.41) is 5.59. The number of aryl methyl sites for hydroxylation is 1. The fraction of sp³-hybridized carbons (Fsp3) is 0.368. The zero-order chi connectivity index (χ0) is 19.8. The highest BCUT2D eigenvalue weighted by molar-refractivity contribution is 5.90. The van der Waals surface area contributed by atoms with E-state index in [9.17, 15) is 19.2 Å². The first kappa shape index (κ1) is 20.2. The van der Waals surface area contributed by atoms with E-state index < -0.39 is 11.2 Å². The predicted octanol–water partition coefficient (Wildman–Crippen LogP) is 1.36. The molecule has 0 fully saturated rings. The lowest BCUT2D eigenvalue weighted by Gasteiger charge is -2.08. The molecule has 1 aromatic carbocycles. The van der Waals surface area contributed by atoms with E-state index in [0.29, 0.717) is 24.2 Å². The largest absolute Gasteiger partial charge is 0.352 e. The molecule has 0 atom stereocenters. The molecule has 1 aromatic heterocycles. The lowest BCUT2D eigenvalue weighted by Crippen LogP contribution is -2.29. The molecule has 0 aliphatic heterocycles. The van der Waals surface area contributed by atoms with Crippen LogP contribution in [0.3, 0.4) is 0 Å². The highest BCUT2D eigenvalue weighted by Crippen LogP contribution is 2.10. The molecule has 0 aliphatic rings. The number of hydrogen-bond acceptors (Lipinski definition) is 4. The summed E-state index contributed by atoms with van der Waals surface area (Å²) in [6.07, 6.45) is 1.66. The van der Waals surface area contributed by atoms with E-state index in [1.54, 1.807) is 19.1 Å². The minimum Gasteiger partial charge on any atom is -0.352 e. The Morgan fingerprint density at radius 1 is 1.00 bits per heavy atom. The summed E-state index contributed by atoms with van der Waals surface area (Å²) in [6, 6.07) is 7.24. The van der Waals surface area contributed by atoms with Crippen molar-refractivity contribution < 1.29 is 9.59 Å². The van der Waals surface area contributed by atoms with E-state index in [0.717, 1.165) is 17.7 Å². The van der Waals surface area contributed by atoms with Gasteiger partial charge in [-0.25, -0.2) is 4.79 Å². The molecule has 1 heterocycles.